The Bertz CT molecular complexity index is 660. The molecular weight excluding hydrogens is 340 g/mol. The fraction of sp³-hybridized carbons (Fsp3) is 0.652. The largest absolute Gasteiger partial charge is 0.465 e. The summed E-state index contributed by atoms with van der Waals surface area (Å²) in [6, 6.07) is 0. The minimum absolute atomic E-state index is 0.188. The summed E-state index contributed by atoms with van der Waals surface area (Å²) in [6.45, 7) is 9.57. The Morgan fingerprint density at radius 2 is 2.15 bits per heavy atom. The lowest BCUT2D eigenvalue weighted by Crippen LogP contribution is -2.24. The van der Waals surface area contributed by atoms with Crippen molar-refractivity contribution < 1.29 is 19.3 Å². The maximum atomic E-state index is 10.5. The molecule has 2 aliphatic heterocycles. The van der Waals surface area contributed by atoms with Gasteiger partial charge >= 0.3 is 0 Å². The topological polar surface area (TPSA) is 47.9 Å². The molecule has 0 amide bonds. The molecule has 0 saturated carbocycles. The van der Waals surface area contributed by atoms with Gasteiger partial charge in [-0.15, -0.1) is 0 Å². The van der Waals surface area contributed by atoms with E-state index in [2.05, 4.69) is 32.9 Å². The molecule has 2 atom stereocenters. The fourth-order valence-electron chi connectivity index (χ4n) is 3.79. The zero-order valence-electron chi connectivity index (χ0n) is 17.2. The highest BCUT2D eigenvalue weighted by atomic mass is 16.7. The molecule has 2 heterocycles. The average Bonchev–Trinajstić information content (AvgIpc) is 3.12. The summed E-state index contributed by atoms with van der Waals surface area (Å²) < 4.78 is 17.7. The minimum atomic E-state index is -0.982. The highest BCUT2D eigenvalue weighted by Gasteiger charge is 2.35. The summed E-state index contributed by atoms with van der Waals surface area (Å²) in [5.41, 5.74) is 2.99. The number of allylic oxidation sites excluding steroid dienone is 4. The van der Waals surface area contributed by atoms with Crippen LogP contribution in [-0.2, 0) is 14.2 Å². The summed E-state index contributed by atoms with van der Waals surface area (Å²) in [5, 5.41) is 10.5. The van der Waals surface area contributed by atoms with Crippen LogP contribution in [-0.4, -0.2) is 24.3 Å². The first-order valence-corrected chi connectivity index (χ1v) is 10.4. The van der Waals surface area contributed by atoms with E-state index in [0.717, 1.165) is 54.8 Å². The summed E-state index contributed by atoms with van der Waals surface area (Å²) in [6.07, 6.45) is 12.5. The number of hydrogen-bond donors (Lipinski definition) is 1. The molecule has 4 heteroatoms. The van der Waals surface area contributed by atoms with E-state index in [1.165, 1.54) is 19.3 Å². The highest BCUT2D eigenvalue weighted by Crippen LogP contribution is 2.41. The number of rotatable bonds is 8. The van der Waals surface area contributed by atoms with Crippen molar-refractivity contribution in [2.75, 3.05) is 6.61 Å². The molecule has 3 aliphatic rings. The van der Waals surface area contributed by atoms with Crippen LogP contribution >= 0.6 is 0 Å². The van der Waals surface area contributed by atoms with Gasteiger partial charge in [-0.2, -0.15) is 0 Å². The van der Waals surface area contributed by atoms with Gasteiger partial charge < -0.3 is 19.3 Å². The second-order valence-corrected chi connectivity index (χ2v) is 8.65. The molecule has 1 aliphatic carbocycles. The number of hydrogen-bond acceptors (Lipinski definition) is 4. The van der Waals surface area contributed by atoms with Crippen molar-refractivity contribution in [3.05, 3.63) is 46.5 Å². The number of fused-ring (bicyclic) bond motifs is 1. The lowest BCUT2D eigenvalue weighted by Gasteiger charge is -2.27. The van der Waals surface area contributed by atoms with Crippen LogP contribution in [0.15, 0.2) is 46.5 Å². The molecule has 2 unspecified atom stereocenters. The van der Waals surface area contributed by atoms with Crippen LogP contribution in [0.4, 0.5) is 0 Å². The van der Waals surface area contributed by atoms with E-state index >= 15 is 0 Å². The van der Waals surface area contributed by atoms with Gasteiger partial charge in [-0.25, -0.2) is 0 Å². The van der Waals surface area contributed by atoms with Crippen LogP contribution in [0.25, 0.3) is 0 Å². The number of unbranched alkanes of at least 4 members (excludes halogenated alkanes) is 1. The van der Waals surface area contributed by atoms with Crippen molar-refractivity contribution in [3.63, 3.8) is 0 Å². The van der Waals surface area contributed by atoms with Gasteiger partial charge in [-0.3, -0.25) is 0 Å². The minimum Gasteiger partial charge on any atom is -0.465 e. The van der Waals surface area contributed by atoms with E-state index in [1.54, 1.807) is 0 Å². The summed E-state index contributed by atoms with van der Waals surface area (Å²) >= 11 is 0. The van der Waals surface area contributed by atoms with Crippen molar-refractivity contribution >= 4 is 0 Å². The van der Waals surface area contributed by atoms with Gasteiger partial charge in [-0.1, -0.05) is 33.6 Å². The fourth-order valence-corrected chi connectivity index (χ4v) is 3.79. The maximum Gasteiger partial charge on any atom is 0.228 e. The molecule has 27 heavy (non-hydrogen) atoms. The zero-order valence-corrected chi connectivity index (χ0v) is 17.2. The molecule has 150 valence electrons. The first-order chi connectivity index (χ1) is 12.9. The van der Waals surface area contributed by atoms with Crippen LogP contribution < -0.4 is 0 Å². The third kappa shape index (κ3) is 5.05. The SMILES string of the molecule is CCCCC(C)(C)C/C=C(/OC1CCCCO1)C1=C2C=C(C)C=C2OC1O. The van der Waals surface area contributed by atoms with Gasteiger partial charge in [0.2, 0.25) is 6.29 Å². The molecule has 1 saturated heterocycles. The van der Waals surface area contributed by atoms with E-state index < -0.39 is 6.29 Å². The summed E-state index contributed by atoms with van der Waals surface area (Å²) in [4.78, 5) is 0. The Labute approximate surface area is 163 Å². The van der Waals surface area contributed by atoms with Crippen molar-refractivity contribution in [2.45, 2.75) is 85.2 Å². The zero-order chi connectivity index (χ0) is 19.4. The number of aliphatic hydroxyl groups excluding tert-OH is 1. The van der Waals surface area contributed by atoms with E-state index in [9.17, 15) is 5.11 Å². The van der Waals surface area contributed by atoms with Crippen molar-refractivity contribution in [1.82, 2.24) is 0 Å². The predicted octanol–water partition coefficient (Wildman–Crippen LogP) is 5.51. The number of aliphatic hydroxyl groups is 1. The van der Waals surface area contributed by atoms with Crippen LogP contribution in [0.5, 0.6) is 0 Å². The normalized spacial score (nSPS) is 25.9. The molecule has 1 N–H and O–H groups in total. The highest BCUT2D eigenvalue weighted by molar-refractivity contribution is 5.58. The van der Waals surface area contributed by atoms with Gasteiger partial charge in [0.1, 0.15) is 11.5 Å². The molecule has 0 radical (unpaired) electrons. The summed E-state index contributed by atoms with van der Waals surface area (Å²) in [7, 11) is 0. The predicted molar refractivity (Wildman–Crippen MR) is 107 cm³/mol. The average molecular weight is 375 g/mol. The van der Waals surface area contributed by atoms with Gasteiger partial charge in [0.05, 0.1) is 12.2 Å². The Morgan fingerprint density at radius 3 is 2.85 bits per heavy atom. The molecule has 3 rings (SSSR count). The molecule has 0 aromatic carbocycles. The van der Waals surface area contributed by atoms with Gasteiger partial charge in [0.25, 0.3) is 0 Å². The van der Waals surface area contributed by atoms with Gasteiger partial charge in [0.15, 0.2) is 6.29 Å². The molecule has 1 fully saturated rings. The Morgan fingerprint density at radius 1 is 1.33 bits per heavy atom. The second-order valence-electron chi connectivity index (χ2n) is 8.65. The maximum absolute atomic E-state index is 10.5. The van der Waals surface area contributed by atoms with Crippen molar-refractivity contribution in [2.24, 2.45) is 5.41 Å². The molecule has 0 spiro atoms. The van der Waals surface area contributed by atoms with E-state index in [-0.39, 0.29) is 11.7 Å². The Hall–Kier alpha value is -1.52. The smallest absolute Gasteiger partial charge is 0.228 e. The second kappa shape index (κ2) is 8.66. The van der Waals surface area contributed by atoms with E-state index in [1.807, 2.05) is 13.0 Å². The quantitative estimate of drug-likeness (QED) is 0.569. The molecule has 0 aromatic heterocycles. The molecule has 4 nitrogen and oxygen atoms in total. The monoisotopic (exact) mass is 374 g/mol. The molecular formula is C23H34O4. The first-order valence-electron chi connectivity index (χ1n) is 10.4. The van der Waals surface area contributed by atoms with Crippen molar-refractivity contribution in [1.29, 1.82) is 0 Å². The van der Waals surface area contributed by atoms with Crippen molar-refractivity contribution in [3.8, 4) is 0 Å². The number of ether oxygens (including phenoxy) is 3. The van der Waals surface area contributed by atoms with Crippen LogP contribution in [0, 0.1) is 5.41 Å². The van der Waals surface area contributed by atoms with Crippen LogP contribution in [0.3, 0.4) is 0 Å². The van der Waals surface area contributed by atoms with Crippen LogP contribution in [0.1, 0.15) is 72.6 Å². The molecule has 0 aromatic rings. The third-order valence-corrected chi connectivity index (χ3v) is 5.48. The third-order valence-electron chi connectivity index (χ3n) is 5.48. The van der Waals surface area contributed by atoms with Gasteiger partial charge in [0, 0.05) is 12.0 Å². The first kappa shape index (κ1) is 20.2. The van der Waals surface area contributed by atoms with Crippen LogP contribution in [0.2, 0.25) is 0 Å². The molecule has 0 bridgehead atoms. The lowest BCUT2D eigenvalue weighted by atomic mass is 9.83. The lowest BCUT2D eigenvalue weighted by molar-refractivity contribution is -0.139. The Kier molecular flexibility index (Phi) is 6.48. The Balaban J connectivity index is 1.86. The van der Waals surface area contributed by atoms with E-state index in [4.69, 9.17) is 14.2 Å². The standard InChI is InChI=1S/C23H34O4/c1-5-6-11-23(3,4)12-10-18(26-20-9-7-8-13-25-20)21-17-14-16(2)15-19(17)27-22(21)24/h10,14-15,20,22,24H,5-9,11-13H2,1-4H3/b18-10+. The van der Waals surface area contributed by atoms with E-state index in [0.29, 0.717) is 5.76 Å². The van der Waals surface area contributed by atoms with Gasteiger partial charge in [-0.05, 0) is 61.8 Å². The summed E-state index contributed by atoms with van der Waals surface area (Å²) in [5.74, 6) is 1.45.